The summed E-state index contributed by atoms with van der Waals surface area (Å²) in [4.78, 5) is 12.1. The number of amides is 1. The second kappa shape index (κ2) is 7.13. The molecule has 0 radical (unpaired) electrons. The summed E-state index contributed by atoms with van der Waals surface area (Å²) in [6, 6.07) is 12.9. The zero-order valence-electron chi connectivity index (χ0n) is 11.9. The third kappa shape index (κ3) is 4.23. The molecule has 2 aromatic rings. The molecule has 0 bridgehead atoms. The average Bonchev–Trinajstić information content (AvgIpc) is 2.47. The van der Waals surface area contributed by atoms with E-state index < -0.39 is 0 Å². The van der Waals surface area contributed by atoms with Crippen molar-refractivity contribution < 1.29 is 14.3 Å². The number of halogens is 1. The van der Waals surface area contributed by atoms with Gasteiger partial charge in [-0.2, -0.15) is 0 Å². The lowest BCUT2D eigenvalue weighted by Crippen LogP contribution is -2.14. The van der Waals surface area contributed by atoms with E-state index in [0.717, 1.165) is 15.7 Å². The summed E-state index contributed by atoms with van der Waals surface area (Å²) in [7, 11) is 3.17. The van der Waals surface area contributed by atoms with Crippen molar-refractivity contribution in [3.63, 3.8) is 0 Å². The van der Waals surface area contributed by atoms with Crippen LogP contribution in [0, 0.1) is 0 Å². The summed E-state index contributed by atoms with van der Waals surface area (Å²) in [6.45, 7) is 0. The van der Waals surface area contributed by atoms with Crippen LogP contribution in [0.15, 0.2) is 46.9 Å². The Kier molecular flexibility index (Phi) is 5.22. The van der Waals surface area contributed by atoms with E-state index >= 15 is 0 Å². The molecular weight excluding hydrogens is 334 g/mol. The molecule has 0 aromatic heterocycles. The van der Waals surface area contributed by atoms with Gasteiger partial charge in [0.25, 0.3) is 0 Å². The highest BCUT2D eigenvalue weighted by atomic mass is 79.9. The van der Waals surface area contributed by atoms with E-state index in [1.807, 2.05) is 36.4 Å². The van der Waals surface area contributed by atoms with Gasteiger partial charge in [-0.3, -0.25) is 4.79 Å². The fraction of sp³-hybridized carbons (Fsp3) is 0.188. The number of ether oxygens (including phenoxy) is 2. The molecule has 0 saturated carbocycles. The predicted octanol–water partition coefficient (Wildman–Crippen LogP) is 3.65. The highest BCUT2D eigenvalue weighted by Crippen LogP contribution is 2.25. The SMILES string of the molecule is COc1ccc(CC(=O)Nc2cccc(Br)c2)c(OC)c1. The van der Waals surface area contributed by atoms with Crippen LogP contribution in [0.5, 0.6) is 11.5 Å². The maximum absolute atomic E-state index is 12.1. The first-order valence-electron chi connectivity index (χ1n) is 6.38. The molecule has 21 heavy (non-hydrogen) atoms. The van der Waals surface area contributed by atoms with Crippen molar-refractivity contribution in [3.8, 4) is 11.5 Å². The molecule has 1 amide bonds. The molecular formula is C16H16BrNO3. The third-order valence-electron chi connectivity index (χ3n) is 2.95. The van der Waals surface area contributed by atoms with Crippen molar-refractivity contribution in [2.75, 3.05) is 19.5 Å². The maximum atomic E-state index is 12.1. The van der Waals surface area contributed by atoms with Crippen LogP contribution in [0.4, 0.5) is 5.69 Å². The Morgan fingerprint density at radius 3 is 2.62 bits per heavy atom. The van der Waals surface area contributed by atoms with Gasteiger partial charge >= 0.3 is 0 Å². The first-order chi connectivity index (χ1) is 10.1. The van der Waals surface area contributed by atoms with Crippen LogP contribution in [0.2, 0.25) is 0 Å². The van der Waals surface area contributed by atoms with Crippen molar-refractivity contribution in [3.05, 3.63) is 52.5 Å². The quantitative estimate of drug-likeness (QED) is 0.896. The van der Waals surface area contributed by atoms with Gasteiger partial charge in [0.2, 0.25) is 5.91 Å². The molecule has 1 N–H and O–H groups in total. The molecule has 0 spiro atoms. The Bertz CT molecular complexity index is 643. The number of nitrogens with one attached hydrogen (secondary N) is 1. The first kappa shape index (κ1) is 15.4. The Morgan fingerprint density at radius 2 is 1.95 bits per heavy atom. The summed E-state index contributed by atoms with van der Waals surface area (Å²) < 4.78 is 11.3. The number of anilines is 1. The molecule has 0 atom stereocenters. The summed E-state index contributed by atoms with van der Waals surface area (Å²) in [5, 5.41) is 2.86. The average molecular weight is 350 g/mol. The van der Waals surface area contributed by atoms with Crippen molar-refractivity contribution in [2.24, 2.45) is 0 Å². The van der Waals surface area contributed by atoms with Crippen LogP contribution < -0.4 is 14.8 Å². The van der Waals surface area contributed by atoms with Crippen LogP contribution in [0.3, 0.4) is 0 Å². The number of methoxy groups -OCH3 is 2. The summed E-state index contributed by atoms with van der Waals surface area (Å²) in [5.41, 5.74) is 1.56. The summed E-state index contributed by atoms with van der Waals surface area (Å²) in [6.07, 6.45) is 0.236. The van der Waals surface area contributed by atoms with Gasteiger partial charge in [0, 0.05) is 21.8 Å². The van der Waals surface area contributed by atoms with Crippen LogP contribution in [0.25, 0.3) is 0 Å². The molecule has 110 valence electrons. The van der Waals surface area contributed by atoms with Crippen LogP contribution >= 0.6 is 15.9 Å². The van der Waals surface area contributed by atoms with E-state index in [4.69, 9.17) is 9.47 Å². The van der Waals surface area contributed by atoms with Crippen LogP contribution in [0.1, 0.15) is 5.56 Å². The van der Waals surface area contributed by atoms with E-state index in [2.05, 4.69) is 21.2 Å². The molecule has 0 fully saturated rings. The van der Waals surface area contributed by atoms with E-state index in [-0.39, 0.29) is 12.3 Å². The number of carbonyl (C=O) groups is 1. The van der Waals surface area contributed by atoms with Crippen LogP contribution in [-0.4, -0.2) is 20.1 Å². The minimum absolute atomic E-state index is 0.100. The molecule has 2 rings (SSSR count). The summed E-state index contributed by atoms with van der Waals surface area (Å²) in [5.74, 6) is 1.23. The molecule has 4 nitrogen and oxygen atoms in total. The van der Waals surface area contributed by atoms with E-state index in [9.17, 15) is 4.79 Å². The van der Waals surface area contributed by atoms with Crippen molar-refractivity contribution in [1.29, 1.82) is 0 Å². The first-order valence-corrected chi connectivity index (χ1v) is 7.18. The monoisotopic (exact) mass is 349 g/mol. The lowest BCUT2D eigenvalue weighted by atomic mass is 10.1. The van der Waals surface area contributed by atoms with Gasteiger partial charge in [-0.15, -0.1) is 0 Å². The van der Waals surface area contributed by atoms with Crippen molar-refractivity contribution >= 4 is 27.5 Å². The van der Waals surface area contributed by atoms with Gasteiger partial charge in [-0.05, 0) is 24.3 Å². The minimum Gasteiger partial charge on any atom is -0.497 e. The fourth-order valence-electron chi connectivity index (χ4n) is 1.94. The zero-order valence-corrected chi connectivity index (χ0v) is 13.4. The predicted molar refractivity (Wildman–Crippen MR) is 86.0 cm³/mol. The second-order valence-electron chi connectivity index (χ2n) is 4.41. The zero-order chi connectivity index (χ0) is 15.2. The van der Waals surface area contributed by atoms with Gasteiger partial charge in [-0.1, -0.05) is 28.1 Å². The number of carbonyl (C=O) groups excluding carboxylic acids is 1. The fourth-order valence-corrected chi connectivity index (χ4v) is 2.34. The lowest BCUT2D eigenvalue weighted by molar-refractivity contribution is -0.115. The van der Waals surface area contributed by atoms with E-state index in [1.165, 1.54) is 0 Å². The summed E-state index contributed by atoms with van der Waals surface area (Å²) >= 11 is 3.37. The normalized spacial score (nSPS) is 10.0. The van der Waals surface area contributed by atoms with Gasteiger partial charge in [0.05, 0.1) is 20.6 Å². The van der Waals surface area contributed by atoms with E-state index in [1.54, 1.807) is 20.3 Å². The standard InChI is InChI=1S/C16H16BrNO3/c1-20-14-7-6-11(15(10-14)21-2)8-16(19)18-13-5-3-4-12(17)9-13/h3-7,9-10H,8H2,1-2H3,(H,18,19). The highest BCUT2D eigenvalue weighted by molar-refractivity contribution is 9.10. The molecule has 0 aliphatic carbocycles. The number of rotatable bonds is 5. The second-order valence-corrected chi connectivity index (χ2v) is 5.33. The number of hydrogen-bond acceptors (Lipinski definition) is 3. The van der Waals surface area contributed by atoms with Crippen molar-refractivity contribution in [1.82, 2.24) is 0 Å². The highest BCUT2D eigenvalue weighted by Gasteiger charge is 2.10. The van der Waals surface area contributed by atoms with E-state index in [0.29, 0.717) is 11.5 Å². The number of benzene rings is 2. The van der Waals surface area contributed by atoms with Gasteiger partial charge < -0.3 is 14.8 Å². The third-order valence-corrected chi connectivity index (χ3v) is 3.45. The molecule has 0 heterocycles. The number of hydrogen-bond donors (Lipinski definition) is 1. The molecule has 0 aliphatic heterocycles. The van der Waals surface area contributed by atoms with Gasteiger partial charge in [0.1, 0.15) is 11.5 Å². The minimum atomic E-state index is -0.100. The maximum Gasteiger partial charge on any atom is 0.228 e. The Labute approximate surface area is 132 Å². The van der Waals surface area contributed by atoms with Gasteiger partial charge in [0.15, 0.2) is 0 Å². The Morgan fingerprint density at radius 1 is 1.14 bits per heavy atom. The van der Waals surface area contributed by atoms with Crippen molar-refractivity contribution in [2.45, 2.75) is 6.42 Å². The molecule has 5 heteroatoms. The molecule has 0 aliphatic rings. The Balaban J connectivity index is 2.09. The molecule has 0 saturated heterocycles. The van der Waals surface area contributed by atoms with Gasteiger partial charge in [-0.25, -0.2) is 0 Å². The van der Waals surface area contributed by atoms with Crippen LogP contribution in [-0.2, 0) is 11.2 Å². The Hall–Kier alpha value is -2.01. The lowest BCUT2D eigenvalue weighted by Gasteiger charge is -2.11. The topological polar surface area (TPSA) is 47.6 Å². The largest absolute Gasteiger partial charge is 0.497 e. The molecule has 2 aromatic carbocycles. The molecule has 0 unspecified atom stereocenters. The smallest absolute Gasteiger partial charge is 0.228 e.